The Labute approximate surface area is 100 Å². The molecule has 0 aromatic carbocycles. The van der Waals surface area contributed by atoms with Gasteiger partial charge in [0.05, 0.1) is 6.54 Å². The number of nitrogens with one attached hydrogen (secondary N) is 1. The highest BCUT2D eigenvalue weighted by atomic mass is 32.1. The van der Waals surface area contributed by atoms with Crippen molar-refractivity contribution in [1.29, 1.82) is 0 Å². The first-order valence-corrected chi connectivity index (χ1v) is 6.70. The molecule has 1 aromatic rings. The minimum absolute atomic E-state index is 0.237. The predicted octanol–water partition coefficient (Wildman–Crippen LogP) is 2.02. The Hall–Kier alpha value is -0.870. The summed E-state index contributed by atoms with van der Waals surface area (Å²) in [5.74, 6) is 0.237. The van der Waals surface area contributed by atoms with Crippen molar-refractivity contribution in [2.24, 2.45) is 0 Å². The van der Waals surface area contributed by atoms with E-state index in [0.29, 0.717) is 6.54 Å². The van der Waals surface area contributed by atoms with Gasteiger partial charge in [-0.15, -0.1) is 11.3 Å². The maximum atomic E-state index is 11.8. The van der Waals surface area contributed by atoms with Crippen molar-refractivity contribution in [1.82, 2.24) is 10.2 Å². The van der Waals surface area contributed by atoms with Crippen LogP contribution < -0.4 is 5.32 Å². The van der Waals surface area contributed by atoms with Gasteiger partial charge in [-0.2, -0.15) is 0 Å². The Kier molecular flexibility index (Phi) is 3.96. The van der Waals surface area contributed by atoms with Gasteiger partial charge in [0.1, 0.15) is 0 Å². The van der Waals surface area contributed by atoms with Gasteiger partial charge in [0, 0.05) is 24.0 Å². The van der Waals surface area contributed by atoms with Crippen LogP contribution >= 0.6 is 11.3 Å². The van der Waals surface area contributed by atoms with Crippen LogP contribution in [0.5, 0.6) is 0 Å². The zero-order valence-corrected chi connectivity index (χ0v) is 10.4. The first kappa shape index (κ1) is 11.6. The molecule has 0 bridgehead atoms. The lowest BCUT2D eigenvalue weighted by molar-refractivity contribution is -0.129. The summed E-state index contributed by atoms with van der Waals surface area (Å²) in [6.45, 7) is 4.43. The average molecular weight is 238 g/mol. The fourth-order valence-electron chi connectivity index (χ4n) is 1.96. The maximum absolute atomic E-state index is 11.8. The maximum Gasteiger partial charge on any atom is 0.236 e. The molecule has 1 atom stereocenters. The molecule has 1 fully saturated rings. The molecule has 1 aromatic heterocycles. The van der Waals surface area contributed by atoms with Gasteiger partial charge in [-0.05, 0) is 31.2 Å². The number of hydrogen-bond acceptors (Lipinski definition) is 3. The van der Waals surface area contributed by atoms with Gasteiger partial charge in [0.15, 0.2) is 0 Å². The van der Waals surface area contributed by atoms with Crippen molar-refractivity contribution in [3.8, 4) is 0 Å². The standard InChI is InChI=1S/C12H18N2OS/c1-10(11-5-4-8-16-11)13-9-12(15)14-6-2-3-7-14/h4-5,8,10,13H,2-3,6-7,9H2,1H3/t10-/m0/s1. The van der Waals surface area contributed by atoms with E-state index in [1.165, 1.54) is 4.88 Å². The number of carbonyl (C=O) groups is 1. The van der Waals surface area contributed by atoms with Gasteiger partial charge in [0.2, 0.25) is 5.91 Å². The zero-order chi connectivity index (χ0) is 11.4. The molecule has 1 aliphatic heterocycles. The number of carbonyl (C=O) groups excluding carboxylic acids is 1. The van der Waals surface area contributed by atoms with Gasteiger partial charge in [0.25, 0.3) is 0 Å². The van der Waals surface area contributed by atoms with Crippen LogP contribution in [-0.2, 0) is 4.79 Å². The van der Waals surface area contributed by atoms with Gasteiger partial charge < -0.3 is 10.2 Å². The van der Waals surface area contributed by atoms with E-state index in [1.54, 1.807) is 11.3 Å². The lowest BCUT2D eigenvalue weighted by atomic mass is 10.3. The second-order valence-electron chi connectivity index (χ2n) is 4.21. The van der Waals surface area contributed by atoms with Crippen molar-refractivity contribution >= 4 is 17.2 Å². The molecule has 2 heterocycles. The third kappa shape index (κ3) is 2.83. The van der Waals surface area contributed by atoms with Crippen LogP contribution in [0.3, 0.4) is 0 Å². The predicted molar refractivity (Wildman–Crippen MR) is 66.6 cm³/mol. The van der Waals surface area contributed by atoms with Crippen LogP contribution in [0.25, 0.3) is 0 Å². The normalized spacial score (nSPS) is 17.7. The largest absolute Gasteiger partial charge is 0.342 e. The smallest absolute Gasteiger partial charge is 0.236 e. The topological polar surface area (TPSA) is 32.3 Å². The van der Waals surface area contributed by atoms with Crippen LogP contribution in [0.2, 0.25) is 0 Å². The van der Waals surface area contributed by atoms with Crippen molar-refractivity contribution in [2.75, 3.05) is 19.6 Å². The first-order valence-electron chi connectivity index (χ1n) is 5.82. The fourth-order valence-corrected chi connectivity index (χ4v) is 2.72. The molecule has 4 heteroatoms. The summed E-state index contributed by atoms with van der Waals surface area (Å²) in [5, 5.41) is 5.35. The summed E-state index contributed by atoms with van der Waals surface area (Å²) in [4.78, 5) is 15.0. The SMILES string of the molecule is C[C@H](NCC(=O)N1CCCC1)c1cccs1. The Balaban J connectivity index is 1.76. The van der Waals surface area contributed by atoms with Crippen LogP contribution in [0, 0.1) is 0 Å². The van der Waals surface area contributed by atoms with Crippen LogP contribution in [0.4, 0.5) is 0 Å². The summed E-state index contributed by atoms with van der Waals surface area (Å²) in [7, 11) is 0. The Morgan fingerprint density at radius 3 is 2.94 bits per heavy atom. The summed E-state index contributed by atoms with van der Waals surface area (Å²) in [6.07, 6.45) is 2.32. The number of likely N-dealkylation sites (tertiary alicyclic amines) is 1. The number of hydrogen-bond donors (Lipinski definition) is 1. The Bertz CT molecular complexity index is 331. The van der Waals surface area contributed by atoms with Crippen molar-refractivity contribution < 1.29 is 4.79 Å². The third-order valence-corrected chi connectivity index (χ3v) is 4.04. The minimum Gasteiger partial charge on any atom is -0.342 e. The number of amides is 1. The molecular formula is C12H18N2OS. The second kappa shape index (κ2) is 5.46. The molecular weight excluding hydrogens is 220 g/mol. The van der Waals surface area contributed by atoms with Crippen LogP contribution in [0.15, 0.2) is 17.5 Å². The number of nitrogens with zero attached hydrogens (tertiary/aromatic N) is 1. The molecule has 0 radical (unpaired) electrons. The van der Waals surface area contributed by atoms with Crippen molar-refractivity contribution in [2.45, 2.75) is 25.8 Å². The molecule has 16 heavy (non-hydrogen) atoms. The highest BCUT2D eigenvalue weighted by Crippen LogP contribution is 2.17. The van der Waals surface area contributed by atoms with Crippen molar-refractivity contribution in [3.63, 3.8) is 0 Å². The molecule has 88 valence electrons. The second-order valence-corrected chi connectivity index (χ2v) is 5.19. The van der Waals surface area contributed by atoms with Gasteiger partial charge in [-0.3, -0.25) is 4.79 Å². The van der Waals surface area contributed by atoms with Crippen LogP contribution in [0.1, 0.15) is 30.7 Å². The highest BCUT2D eigenvalue weighted by molar-refractivity contribution is 7.10. The van der Waals surface area contributed by atoms with E-state index in [9.17, 15) is 4.79 Å². The molecule has 3 nitrogen and oxygen atoms in total. The highest BCUT2D eigenvalue weighted by Gasteiger charge is 2.18. The fraction of sp³-hybridized carbons (Fsp3) is 0.583. The monoisotopic (exact) mass is 238 g/mol. The van der Waals surface area contributed by atoms with E-state index < -0.39 is 0 Å². The quantitative estimate of drug-likeness (QED) is 0.870. The summed E-state index contributed by atoms with van der Waals surface area (Å²) >= 11 is 1.73. The van der Waals surface area contributed by atoms with E-state index in [-0.39, 0.29) is 11.9 Å². The van der Waals surface area contributed by atoms with Gasteiger partial charge in [-0.25, -0.2) is 0 Å². The van der Waals surface area contributed by atoms with E-state index >= 15 is 0 Å². The summed E-state index contributed by atoms with van der Waals surface area (Å²) in [5.41, 5.74) is 0. The van der Waals surface area contributed by atoms with E-state index in [0.717, 1.165) is 25.9 Å². The molecule has 1 amide bonds. The Morgan fingerprint density at radius 1 is 1.56 bits per heavy atom. The molecule has 0 unspecified atom stereocenters. The number of thiophene rings is 1. The molecule has 2 rings (SSSR count). The Morgan fingerprint density at radius 2 is 2.31 bits per heavy atom. The molecule has 1 aliphatic rings. The molecule has 0 spiro atoms. The van der Waals surface area contributed by atoms with E-state index in [2.05, 4.69) is 23.7 Å². The minimum atomic E-state index is 0.237. The van der Waals surface area contributed by atoms with E-state index in [4.69, 9.17) is 0 Å². The van der Waals surface area contributed by atoms with Crippen molar-refractivity contribution in [3.05, 3.63) is 22.4 Å². The molecule has 0 aliphatic carbocycles. The first-order chi connectivity index (χ1) is 7.77. The lowest BCUT2D eigenvalue weighted by Gasteiger charge is -2.17. The van der Waals surface area contributed by atoms with E-state index in [1.807, 2.05) is 11.0 Å². The summed E-state index contributed by atoms with van der Waals surface area (Å²) in [6, 6.07) is 4.41. The lowest BCUT2D eigenvalue weighted by Crippen LogP contribution is -2.36. The zero-order valence-electron chi connectivity index (χ0n) is 9.61. The molecule has 1 saturated heterocycles. The average Bonchev–Trinajstić information content (AvgIpc) is 2.95. The third-order valence-electron chi connectivity index (χ3n) is 2.99. The van der Waals surface area contributed by atoms with Crippen LogP contribution in [-0.4, -0.2) is 30.4 Å². The van der Waals surface area contributed by atoms with Gasteiger partial charge >= 0.3 is 0 Å². The number of rotatable bonds is 4. The molecule has 1 N–H and O–H groups in total. The summed E-state index contributed by atoms with van der Waals surface area (Å²) < 4.78 is 0. The molecule has 0 saturated carbocycles. The van der Waals surface area contributed by atoms with Gasteiger partial charge in [-0.1, -0.05) is 6.07 Å².